The molecule has 1 N–H and O–H groups in total. The number of halogens is 1. The number of Topliss-reactive ketones (excluding diaryl/α,β-unsaturated/α-hetero) is 1. The van der Waals surface area contributed by atoms with Gasteiger partial charge in [0.15, 0.2) is 6.67 Å². The molecule has 0 atom stereocenters. The Morgan fingerprint density at radius 1 is 1.38 bits per heavy atom. The number of ketones is 1. The highest BCUT2D eigenvalue weighted by Gasteiger charge is 2.02. The van der Waals surface area contributed by atoms with E-state index in [-0.39, 0.29) is 5.78 Å². The number of benzene rings is 1. The molecule has 0 heterocycles. The maximum Gasteiger partial charge on any atom is 0.255 e. The van der Waals surface area contributed by atoms with Gasteiger partial charge in [-0.25, -0.2) is 4.39 Å². The van der Waals surface area contributed by atoms with E-state index in [1.165, 1.54) is 6.92 Å². The summed E-state index contributed by atoms with van der Waals surface area (Å²) < 4.78 is 12.0. The van der Waals surface area contributed by atoms with E-state index in [1.807, 2.05) is 6.07 Å². The fourth-order valence-electron chi connectivity index (χ4n) is 1.32. The van der Waals surface area contributed by atoms with Crippen molar-refractivity contribution in [2.24, 2.45) is 0 Å². The molecule has 0 aromatic heterocycles. The van der Waals surface area contributed by atoms with Gasteiger partial charge < -0.3 is 10.1 Å². The molecule has 1 aromatic carbocycles. The molecule has 0 aliphatic rings. The topological polar surface area (TPSA) is 46.2 Å². The first-order valence-corrected chi connectivity index (χ1v) is 5.06. The zero-order chi connectivity index (χ0) is 12.0. The second kappa shape index (κ2) is 6.00. The molecule has 1 rings (SSSR count). The van der Waals surface area contributed by atoms with Crippen molar-refractivity contribution < 1.29 is 14.0 Å². The van der Waals surface area contributed by atoms with Crippen LogP contribution >= 0.6 is 0 Å². The van der Waals surface area contributed by atoms with E-state index in [0.717, 1.165) is 5.56 Å². The number of rotatable bonds is 5. The third-order valence-corrected chi connectivity index (χ3v) is 2.10. The second-order valence-corrected chi connectivity index (χ2v) is 3.58. The summed E-state index contributed by atoms with van der Waals surface area (Å²) in [6.45, 7) is 0.506. The smallest absolute Gasteiger partial charge is 0.255 e. The largest absolute Gasteiger partial charge is 0.324 e. The van der Waals surface area contributed by atoms with Crippen molar-refractivity contribution in [1.29, 1.82) is 0 Å². The Kier molecular flexibility index (Phi) is 4.64. The Bertz CT molecular complexity index is 390. The van der Waals surface area contributed by atoms with Gasteiger partial charge in [-0.2, -0.15) is 0 Å². The van der Waals surface area contributed by atoms with E-state index < -0.39 is 12.6 Å². The van der Waals surface area contributed by atoms with E-state index in [2.05, 4.69) is 5.32 Å². The van der Waals surface area contributed by atoms with Crippen molar-refractivity contribution in [3.8, 4) is 0 Å². The van der Waals surface area contributed by atoms with Gasteiger partial charge in [0.25, 0.3) is 5.91 Å². The summed E-state index contributed by atoms with van der Waals surface area (Å²) >= 11 is 0. The maximum atomic E-state index is 12.0. The van der Waals surface area contributed by atoms with Gasteiger partial charge in [-0.15, -0.1) is 0 Å². The van der Waals surface area contributed by atoms with Crippen LogP contribution in [0, 0.1) is 0 Å². The molecule has 1 aromatic rings. The highest BCUT2D eigenvalue weighted by molar-refractivity contribution is 5.91. The molecule has 0 aliphatic heterocycles. The molecular weight excluding hydrogens is 209 g/mol. The van der Waals surface area contributed by atoms with Crippen LogP contribution in [0.2, 0.25) is 0 Å². The van der Waals surface area contributed by atoms with Crippen LogP contribution in [-0.2, 0) is 16.0 Å². The van der Waals surface area contributed by atoms with Crippen LogP contribution in [0.25, 0.3) is 0 Å². The van der Waals surface area contributed by atoms with Crippen molar-refractivity contribution in [2.45, 2.75) is 19.8 Å². The first-order chi connectivity index (χ1) is 7.61. The number of alkyl halides is 1. The lowest BCUT2D eigenvalue weighted by Crippen LogP contribution is -2.13. The van der Waals surface area contributed by atoms with Gasteiger partial charge in [0, 0.05) is 12.1 Å². The molecule has 1 amide bonds. The predicted octanol–water partition coefficient (Wildman–Crippen LogP) is 2.12. The van der Waals surface area contributed by atoms with Gasteiger partial charge >= 0.3 is 0 Å². The first kappa shape index (κ1) is 12.4. The van der Waals surface area contributed by atoms with Gasteiger partial charge in [0.1, 0.15) is 5.78 Å². The van der Waals surface area contributed by atoms with Crippen molar-refractivity contribution in [3.05, 3.63) is 29.8 Å². The SMILES string of the molecule is CC(=O)CCc1cccc(NC(=O)CF)c1. The molecular formula is C12H14FNO2. The maximum absolute atomic E-state index is 12.0. The van der Waals surface area contributed by atoms with Gasteiger partial charge in [0.05, 0.1) is 0 Å². The van der Waals surface area contributed by atoms with Gasteiger partial charge in [0.2, 0.25) is 0 Å². The third-order valence-electron chi connectivity index (χ3n) is 2.10. The van der Waals surface area contributed by atoms with Crippen LogP contribution in [0.15, 0.2) is 24.3 Å². The van der Waals surface area contributed by atoms with Crippen molar-refractivity contribution in [2.75, 3.05) is 12.0 Å². The van der Waals surface area contributed by atoms with E-state index in [9.17, 15) is 14.0 Å². The lowest BCUT2D eigenvalue weighted by atomic mass is 10.1. The molecule has 86 valence electrons. The van der Waals surface area contributed by atoms with E-state index in [0.29, 0.717) is 18.5 Å². The van der Waals surface area contributed by atoms with Gasteiger partial charge in [-0.05, 0) is 31.0 Å². The second-order valence-electron chi connectivity index (χ2n) is 3.58. The van der Waals surface area contributed by atoms with Gasteiger partial charge in [-0.3, -0.25) is 4.79 Å². The molecule has 0 fully saturated rings. The number of amides is 1. The number of hydrogen-bond donors (Lipinski definition) is 1. The molecule has 0 bridgehead atoms. The summed E-state index contributed by atoms with van der Waals surface area (Å²) in [5.41, 5.74) is 1.51. The minimum Gasteiger partial charge on any atom is -0.324 e. The van der Waals surface area contributed by atoms with E-state index in [1.54, 1.807) is 18.2 Å². The Labute approximate surface area is 93.7 Å². The average Bonchev–Trinajstić information content (AvgIpc) is 2.26. The molecule has 16 heavy (non-hydrogen) atoms. The first-order valence-electron chi connectivity index (χ1n) is 5.06. The zero-order valence-electron chi connectivity index (χ0n) is 9.13. The van der Waals surface area contributed by atoms with E-state index >= 15 is 0 Å². The fourth-order valence-corrected chi connectivity index (χ4v) is 1.32. The zero-order valence-corrected chi connectivity index (χ0v) is 9.13. The average molecular weight is 223 g/mol. The van der Waals surface area contributed by atoms with Crippen LogP contribution in [-0.4, -0.2) is 18.4 Å². The number of carbonyl (C=O) groups is 2. The third kappa shape index (κ3) is 4.21. The minimum absolute atomic E-state index is 0.123. The lowest BCUT2D eigenvalue weighted by molar-refractivity contribution is -0.117. The molecule has 0 saturated carbocycles. The van der Waals surface area contributed by atoms with Crippen LogP contribution in [0.4, 0.5) is 10.1 Å². The number of aryl methyl sites for hydroxylation is 1. The van der Waals surface area contributed by atoms with Crippen LogP contribution in [0.3, 0.4) is 0 Å². The molecule has 0 spiro atoms. The summed E-state index contributed by atoms with van der Waals surface area (Å²) in [4.78, 5) is 21.6. The summed E-state index contributed by atoms with van der Waals surface area (Å²) in [7, 11) is 0. The Morgan fingerprint density at radius 3 is 2.75 bits per heavy atom. The highest BCUT2D eigenvalue weighted by atomic mass is 19.1. The lowest BCUT2D eigenvalue weighted by Gasteiger charge is -2.05. The van der Waals surface area contributed by atoms with E-state index in [4.69, 9.17) is 0 Å². The van der Waals surface area contributed by atoms with Crippen LogP contribution in [0.1, 0.15) is 18.9 Å². The van der Waals surface area contributed by atoms with Crippen molar-refractivity contribution in [1.82, 2.24) is 0 Å². The van der Waals surface area contributed by atoms with Gasteiger partial charge in [-0.1, -0.05) is 12.1 Å². The number of anilines is 1. The number of nitrogens with one attached hydrogen (secondary N) is 1. The fraction of sp³-hybridized carbons (Fsp3) is 0.333. The number of carbonyl (C=O) groups excluding carboxylic acids is 2. The van der Waals surface area contributed by atoms with Crippen molar-refractivity contribution in [3.63, 3.8) is 0 Å². The Morgan fingerprint density at radius 2 is 2.12 bits per heavy atom. The molecule has 0 unspecified atom stereocenters. The molecule has 0 radical (unpaired) electrons. The quantitative estimate of drug-likeness (QED) is 0.831. The van der Waals surface area contributed by atoms with Crippen LogP contribution < -0.4 is 5.32 Å². The predicted molar refractivity (Wildman–Crippen MR) is 60.0 cm³/mol. The van der Waals surface area contributed by atoms with Crippen molar-refractivity contribution >= 4 is 17.4 Å². The monoisotopic (exact) mass is 223 g/mol. The Hall–Kier alpha value is -1.71. The summed E-state index contributed by atoms with van der Waals surface area (Å²) in [5.74, 6) is -0.540. The highest BCUT2D eigenvalue weighted by Crippen LogP contribution is 2.12. The summed E-state index contributed by atoms with van der Waals surface area (Å²) in [6, 6.07) is 7.07. The normalized spacial score (nSPS) is 9.88. The van der Waals surface area contributed by atoms with Crippen LogP contribution in [0.5, 0.6) is 0 Å². The number of hydrogen-bond acceptors (Lipinski definition) is 2. The summed E-state index contributed by atoms with van der Waals surface area (Å²) in [6.07, 6.45) is 1.11. The molecule has 0 saturated heterocycles. The minimum atomic E-state index is -1.03. The molecule has 0 aliphatic carbocycles. The Balaban J connectivity index is 2.63. The standard InChI is InChI=1S/C12H14FNO2/c1-9(15)5-6-10-3-2-4-11(7-10)14-12(16)8-13/h2-4,7H,5-6,8H2,1H3,(H,14,16). The summed E-state index contributed by atoms with van der Waals surface area (Å²) in [5, 5.41) is 2.42. The molecule has 4 heteroatoms. The molecule has 3 nitrogen and oxygen atoms in total.